The monoisotopic (exact) mass is 300 g/mol. The van der Waals surface area contributed by atoms with Crippen molar-refractivity contribution >= 4 is 32.4 Å². The van der Waals surface area contributed by atoms with Crippen LogP contribution in [0.25, 0.3) is 0 Å². The van der Waals surface area contributed by atoms with Crippen LogP contribution >= 0.6 is 27.3 Å². The van der Waals surface area contributed by atoms with Crippen molar-refractivity contribution in [2.24, 2.45) is 0 Å². The van der Waals surface area contributed by atoms with Crippen LogP contribution in [0.3, 0.4) is 0 Å². The SMILES string of the molecule is Fc1cccc(CCNc2nc(Br)cs2)c1. The highest BCUT2D eigenvalue weighted by Crippen LogP contribution is 2.19. The first-order valence-corrected chi connectivity index (χ1v) is 6.50. The van der Waals surface area contributed by atoms with Gasteiger partial charge in [-0.15, -0.1) is 11.3 Å². The average Bonchev–Trinajstić information content (AvgIpc) is 2.64. The molecule has 16 heavy (non-hydrogen) atoms. The van der Waals surface area contributed by atoms with E-state index in [2.05, 4.69) is 26.2 Å². The standard InChI is InChI=1S/C11H10BrFN2S/c12-10-7-16-11(15-10)14-5-4-8-2-1-3-9(13)6-8/h1-3,6-7H,4-5H2,(H,14,15). The molecule has 0 fully saturated rings. The summed E-state index contributed by atoms with van der Waals surface area (Å²) in [5.74, 6) is -0.186. The van der Waals surface area contributed by atoms with E-state index in [1.807, 2.05) is 11.4 Å². The number of hydrogen-bond acceptors (Lipinski definition) is 3. The van der Waals surface area contributed by atoms with Gasteiger partial charge in [0.15, 0.2) is 5.13 Å². The van der Waals surface area contributed by atoms with Crippen molar-refractivity contribution in [2.75, 3.05) is 11.9 Å². The van der Waals surface area contributed by atoms with E-state index in [4.69, 9.17) is 0 Å². The highest BCUT2D eigenvalue weighted by Gasteiger charge is 1.99. The fraction of sp³-hybridized carbons (Fsp3) is 0.182. The summed E-state index contributed by atoms with van der Waals surface area (Å²) in [5, 5.41) is 5.99. The highest BCUT2D eigenvalue weighted by atomic mass is 79.9. The average molecular weight is 301 g/mol. The van der Waals surface area contributed by atoms with Crippen LogP contribution in [0.5, 0.6) is 0 Å². The Morgan fingerprint density at radius 1 is 1.44 bits per heavy atom. The Hall–Kier alpha value is -0.940. The maximum Gasteiger partial charge on any atom is 0.183 e. The van der Waals surface area contributed by atoms with Crippen LogP contribution < -0.4 is 5.32 Å². The lowest BCUT2D eigenvalue weighted by Crippen LogP contribution is -2.04. The molecule has 0 atom stereocenters. The summed E-state index contributed by atoms with van der Waals surface area (Å²) in [4.78, 5) is 4.21. The van der Waals surface area contributed by atoms with Gasteiger partial charge in [0.2, 0.25) is 0 Å². The normalized spacial score (nSPS) is 10.4. The fourth-order valence-electron chi connectivity index (χ4n) is 1.34. The van der Waals surface area contributed by atoms with Crippen LogP contribution in [0.4, 0.5) is 9.52 Å². The molecular formula is C11H10BrFN2S. The van der Waals surface area contributed by atoms with Gasteiger partial charge in [0.05, 0.1) is 0 Å². The van der Waals surface area contributed by atoms with E-state index >= 15 is 0 Å². The third kappa shape index (κ3) is 3.28. The Labute approximate surface area is 106 Å². The minimum absolute atomic E-state index is 0.186. The van der Waals surface area contributed by atoms with E-state index in [9.17, 15) is 4.39 Å². The maximum absolute atomic E-state index is 12.9. The van der Waals surface area contributed by atoms with Gasteiger partial charge in [-0.3, -0.25) is 0 Å². The minimum Gasteiger partial charge on any atom is -0.361 e. The predicted octanol–water partition coefficient (Wildman–Crippen LogP) is 3.70. The van der Waals surface area contributed by atoms with Gasteiger partial charge in [-0.2, -0.15) is 0 Å². The molecular weight excluding hydrogens is 291 g/mol. The molecule has 0 aliphatic heterocycles. The topological polar surface area (TPSA) is 24.9 Å². The molecule has 0 bridgehead atoms. The van der Waals surface area contributed by atoms with Crippen molar-refractivity contribution in [3.63, 3.8) is 0 Å². The third-order valence-electron chi connectivity index (χ3n) is 2.06. The van der Waals surface area contributed by atoms with Crippen molar-refractivity contribution in [2.45, 2.75) is 6.42 Å². The summed E-state index contributed by atoms with van der Waals surface area (Å²) in [6.45, 7) is 0.753. The van der Waals surface area contributed by atoms with Gasteiger partial charge in [0, 0.05) is 11.9 Å². The van der Waals surface area contributed by atoms with E-state index in [-0.39, 0.29) is 5.82 Å². The summed E-state index contributed by atoms with van der Waals surface area (Å²) in [6.07, 6.45) is 0.787. The molecule has 0 radical (unpaired) electrons. The van der Waals surface area contributed by atoms with Crippen molar-refractivity contribution in [1.29, 1.82) is 0 Å². The summed E-state index contributed by atoms with van der Waals surface area (Å²) in [7, 11) is 0. The predicted molar refractivity (Wildman–Crippen MR) is 68.4 cm³/mol. The molecule has 1 aromatic carbocycles. The van der Waals surface area contributed by atoms with Crippen molar-refractivity contribution in [3.05, 3.63) is 45.6 Å². The Bertz CT molecular complexity index is 473. The summed E-state index contributed by atoms with van der Waals surface area (Å²) in [5.41, 5.74) is 0.989. The van der Waals surface area contributed by atoms with E-state index in [0.29, 0.717) is 0 Å². The van der Waals surface area contributed by atoms with Crippen molar-refractivity contribution in [1.82, 2.24) is 4.98 Å². The molecule has 84 valence electrons. The van der Waals surface area contributed by atoms with Crippen LogP contribution in [0.1, 0.15) is 5.56 Å². The number of hydrogen-bond donors (Lipinski definition) is 1. The zero-order chi connectivity index (χ0) is 11.4. The number of anilines is 1. The zero-order valence-corrected chi connectivity index (χ0v) is 10.8. The number of benzene rings is 1. The number of nitrogens with zero attached hydrogens (tertiary/aromatic N) is 1. The van der Waals surface area contributed by atoms with E-state index in [1.165, 1.54) is 6.07 Å². The first kappa shape index (κ1) is 11.5. The second kappa shape index (κ2) is 5.41. The quantitative estimate of drug-likeness (QED) is 0.931. The molecule has 2 aromatic rings. The molecule has 1 aromatic heterocycles. The molecule has 0 amide bonds. The van der Waals surface area contributed by atoms with E-state index in [0.717, 1.165) is 28.3 Å². The summed E-state index contributed by atoms with van der Waals surface area (Å²) < 4.78 is 13.7. The molecule has 2 rings (SSSR count). The number of thiazole rings is 1. The Morgan fingerprint density at radius 2 is 2.31 bits per heavy atom. The molecule has 0 aliphatic rings. The first-order valence-electron chi connectivity index (χ1n) is 4.83. The highest BCUT2D eigenvalue weighted by molar-refractivity contribution is 9.10. The van der Waals surface area contributed by atoms with Crippen LogP contribution in [0.2, 0.25) is 0 Å². The van der Waals surface area contributed by atoms with Gasteiger partial charge >= 0.3 is 0 Å². The Kier molecular flexibility index (Phi) is 3.90. The number of aromatic nitrogens is 1. The van der Waals surface area contributed by atoms with Gasteiger partial charge in [0.1, 0.15) is 10.4 Å². The third-order valence-corrected chi connectivity index (χ3v) is 3.56. The number of nitrogens with one attached hydrogen (secondary N) is 1. The molecule has 2 nitrogen and oxygen atoms in total. The minimum atomic E-state index is -0.186. The van der Waals surface area contributed by atoms with Crippen LogP contribution in [0.15, 0.2) is 34.2 Å². The van der Waals surface area contributed by atoms with Crippen LogP contribution in [0, 0.1) is 5.82 Å². The van der Waals surface area contributed by atoms with Crippen LogP contribution in [-0.4, -0.2) is 11.5 Å². The number of halogens is 2. The molecule has 5 heteroatoms. The van der Waals surface area contributed by atoms with Gasteiger partial charge in [-0.1, -0.05) is 12.1 Å². The lowest BCUT2D eigenvalue weighted by Gasteiger charge is -2.02. The van der Waals surface area contributed by atoms with Crippen molar-refractivity contribution < 1.29 is 4.39 Å². The molecule has 0 aliphatic carbocycles. The molecule has 0 saturated heterocycles. The Balaban J connectivity index is 1.84. The molecule has 0 spiro atoms. The maximum atomic E-state index is 12.9. The fourth-order valence-corrected chi connectivity index (χ4v) is 2.51. The number of rotatable bonds is 4. The molecule has 1 heterocycles. The van der Waals surface area contributed by atoms with Crippen molar-refractivity contribution in [3.8, 4) is 0 Å². The summed E-state index contributed by atoms with van der Waals surface area (Å²) >= 11 is 4.83. The van der Waals surface area contributed by atoms with Gasteiger partial charge in [-0.25, -0.2) is 9.37 Å². The molecule has 0 unspecified atom stereocenters. The van der Waals surface area contributed by atoms with Gasteiger partial charge in [-0.05, 0) is 40.0 Å². The van der Waals surface area contributed by atoms with Gasteiger partial charge < -0.3 is 5.32 Å². The van der Waals surface area contributed by atoms with Gasteiger partial charge in [0.25, 0.3) is 0 Å². The lowest BCUT2D eigenvalue weighted by atomic mass is 10.1. The smallest absolute Gasteiger partial charge is 0.183 e. The molecule has 0 saturated carbocycles. The second-order valence-electron chi connectivity index (χ2n) is 3.28. The first-order chi connectivity index (χ1) is 7.74. The Morgan fingerprint density at radius 3 is 3.00 bits per heavy atom. The second-order valence-corrected chi connectivity index (χ2v) is 4.95. The molecule has 1 N–H and O–H groups in total. The van der Waals surface area contributed by atoms with E-state index in [1.54, 1.807) is 23.5 Å². The largest absolute Gasteiger partial charge is 0.361 e. The summed E-state index contributed by atoms with van der Waals surface area (Å²) in [6, 6.07) is 6.65. The van der Waals surface area contributed by atoms with E-state index < -0.39 is 0 Å². The zero-order valence-electron chi connectivity index (χ0n) is 8.41. The lowest BCUT2D eigenvalue weighted by molar-refractivity contribution is 0.625. The van der Waals surface area contributed by atoms with Crippen LogP contribution in [-0.2, 0) is 6.42 Å².